The van der Waals surface area contributed by atoms with E-state index in [0.717, 1.165) is 11.1 Å². The van der Waals surface area contributed by atoms with Crippen LogP contribution in [0.2, 0.25) is 0 Å². The van der Waals surface area contributed by atoms with Gasteiger partial charge >= 0.3 is 0 Å². The van der Waals surface area contributed by atoms with Gasteiger partial charge in [-0.25, -0.2) is 4.39 Å². The largest absolute Gasteiger partial charge is 0.307 e. The lowest BCUT2D eigenvalue weighted by Crippen LogP contribution is -2.37. The number of nitrogens with one attached hydrogen (secondary N) is 1. The zero-order valence-corrected chi connectivity index (χ0v) is 12.6. The summed E-state index contributed by atoms with van der Waals surface area (Å²) in [7, 11) is 0. The minimum absolute atomic E-state index is 0.101. The van der Waals surface area contributed by atoms with Gasteiger partial charge in [0.15, 0.2) is 0 Å². The van der Waals surface area contributed by atoms with Crippen LogP contribution in [0.25, 0.3) is 0 Å². The molecule has 0 bridgehead atoms. The molecule has 1 fully saturated rings. The summed E-state index contributed by atoms with van der Waals surface area (Å²) in [6.45, 7) is 8.63. The van der Waals surface area contributed by atoms with E-state index in [9.17, 15) is 4.39 Å². The van der Waals surface area contributed by atoms with Gasteiger partial charge in [0, 0.05) is 12.1 Å². The van der Waals surface area contributed by atoms with Crippen molar-refractivity contribution >= 4 is 0 Å². The van der Waals surface area contributed by atoms with E-state index in [1.807, 2.05) is 12.1 Å². The molecule has 0 heterocycles. The summed E-state index contributed by atoms with van der Waals surface area (Å²) in [5.74, 6) is -0.101. The maximum absolute atomic E-state index is 13.6. The van der Waals surface area contributed by atoms with E-state index in [2.05, 4.69) is 26.1 Å². The highest BCUT2D eigenvalue weighted by Crippen LogP contribution is 2.35. The van der Waals surface area contributed by atoms with Gasteiger partial charge < -0.3 is 5.32 Å². The Morgan fingerprint density at radius 3 is 2.47 bits per heavy atom. The Morgan fingerprint density at radius 1 is 1.26 bits per heavy atom. The summed E-state index contributed by atoms with van der Waals surface area (Å²) in [6, 6.07) is 6.36. The maximum atomic E-state index is 13.6. The van der Waals surface area contributed by atoms with Crippen molar-refractivity contribution < 1.29 is 4.39 Å². The second-order valence-corrected chi connectivity index (χ2v) is 6.84. The minimum atomic E-state index is -0.101. The van der Waals surface area contributed by atoms with Crippen LogP contribution in [0.15, 0.2) is 18.2 Å². The predicted molar refractivity (Wildman–Crippen MR) is 78.7 cm³/mol. The minimum Gasteiger partial charge on any atom is -0.307 e. The number of halogens is 1. The molecule has 1 nitrogen and oxygen atoms in total. The van der Waals surface area contributed by atoms with E-state index in [1.165, 1.54) is 25.7 Å². The molecule has 1 aromatic rings. The van der Waals surface area contributed by atoms with Crippen LogP contribution in [-0.2, 0) is 0 Å². The van der Waals surface area contributed by atoms with Crippen LogP contribution in [0.1, 0.15) is 63.6 Å². The summed E-state index contributed by atoms with van der Waals surface area (Å²) >= 11 is 0. The van der Waals surface area contributed by atoms with Gasteiger partial charge in [-0.3, -0.25) is 0 Å². The van der Waals surface area contributed by atoms with Crippen LogP contribution in [0.5, 0.6) is 0 Å². The van der Waals surface area contributed by atoms with Crippen LogP contribution in [0.4, 0.5) is 4.39 Å². The van der Waals surface area contributed by atoms with Gasteiger partial charge in [-0.2, -0.15) is 0 Å². The zero-order valence-electron chi connectivity index (χ0n) is 12.6. The smallest absolute Gasteiger partial charge is 0.126 e. The van der Waals surface area contributed by atoms with E-state index in [0.29, 0.717) is 11.5 Å². The summed E-state index contributed by atoms with van der Waals surface area (Å²) in [5.41, 5.74) is 2.26. The second-order valence-electron chi connectivity index (χ2n) is 6.84. The molecule has 1 aliphatic rings. The Morgan fingerprint density at radius 2 is 1.89 bits per heavy atom. The molecule has 1 aliphatic carbocycles. The van der Waals surface area contributed by atoms with Crippen molar-refractivity contribution in [2.24, 2.45) is 5.41 Å². The fourth-order valence-corrected chi connectivity index (χ4v) is 2.89. The Kier molecular flexibility index (Phi) is 4.29. The average molecular weight is 263 g/mol. The molecule has 1 saturated carbocycles. The number of hydrogen-bond donors (Lipinski definition) is 1. The molecule has 0 aliphatic heterocycles. The molecule has 0 radical (unpaired) electrons. The first kappa shape index (κ1) is 14.5. The maximum Gasteiger partial charge on any atom is 0.126 e. The fraction of sp³-hybridized carbons (Fsp3) is 0.647. The van der Waals surface area contributed by atoms with Crippen LogP contribution in [0.3, 0.4) is 0 Å². The van der Waals surface area contributed by atoms with Gasteiger partial charge in [-0.15, -0.1) is 0 Å². The molecule has 0 saturated heterocycles. The highest BCUT2D eigenvalue weighted by Gasteiger charge is 2.27. The molecule has 2 heteroatoms. The van der Waals surface area contributed by atoms with Gasteiger partial charge in [0.2, 0.25) is 0 Å². The fourth-order valence-electron chi connectivity index (χ4n) is 2.89. The molecule has 1 aromatic carbocycles. The zero-order chi connectivity index (χ0) is 14.0. The number of hydrogen-bond acceptors (Lipinski definition) is 1. The molecule has 1 atom stereocenters. The Balaban J connectivity index is 1.94. The van der Waals surface area contributed by atoms with E-state index in [-0.39, 0.29) is 11.9 Å². The molecule has 1 N–H and O–H groups in total. The highest BCUT2D eigenvalue weighted by molar-refractivity contribution is 5.25. The van der Waals surface area contributed by atoms with Crippen molar-refractivity contribution in [2.75, 3.05) is 0 Å². The lowest BCUT2D eigenvalue weighted by Gasteiger charge is -2.36. The summed E-state index contributed by atoms with van der Waals surface area (Å²) in [4.78, 5) is 0. The first-order valence-electron chi connectivity index (χ1n) is 7.39. The van der Waals surface area contributed by atoms with Crippen LogP contribution in [-0.4, -0.2) is 6.04 Å². The quantitative estimate of drug-likeness (QED) is 0.829. The van der Waals surface area contributed by atoms with Gasteiger partial charge in [-0.05, 0) is 62.1 Å². The normalized spacial score (nSPS) is 21.3. The second kappa shape index (κ2) is 5.62. The molecule has 2 rings (SSSR count). The third kappa shape index (κ3) is 3.79. The molecule has 0 aromatic heterocycles. The summed E-state index contributed by atoms with van der Waals surface area (Å²) in [5, 5.41) is 3.65. The van der Waals surface area contributed by atoms with Gasteiger partial charge in [0.25, 0.3) is 0 Å². The number of benzene rings is 1. The van der Waals surface area contributed by atoms with E-state index < -0.39 is 0 Å². The highest BCUT2D eigenvalue weighted by atomic mass is 19.1. The third-order valence-corrected chi connectivity index (χ3v) is 4.52. The Labute approximate surface area is 116 Å². The van der Waals surface area contributed by atoms with Crippen LogP contribution < -0.4 is 5.32 Å². The SMILES string of the molecule is Cc1ccc(C(C)NC2CCC(C)(C)CC2)cc1F. The molecule has 0 amide bonds. The van der Waals surface area contributed by atoms with E-state index in [4.69, 9.17) is 0 Å². The van der Waals surface area contributed by atoms with Crippen LogP contribution >= 0.6 is 0 Å². The van der Waals surface area contributed by atoms with Gasteiger partial charge in [0.1, 0.15) is 5.82 Å². The van der Waals surface area contributed by atoms with Crippen LogP contribution in [0, 0.1) is 18.2 Å². The van der Waals surface area contributed by atoms with Gasteiger partial charge in [0.05, 0.1) is 0 Å². The number of aryl methyl sites for hydroxylation is 1. The average Bonchev–Trinajstić information content (AvgIpc) is 2.35. The molecule has 0 spiro atoms. The van der Waals surface area contributed by atoms with Crippen molar-refractivity contribution in [3.8, 4) is 0 Å². The van der Waals surface area contributed by atoms with Crippen molar-refractivity contribution in [3.63, 3.8) is 0 Å². The Hall–Kier alpha value is -0.890. The summed E-state index contributed by atoms with van der Waals surface area (Å²) in [6.07, 6.45) is 5.01. The lowest BCUT2D eigenvalue weighted by atomic mass is 9.75. The summed E-state index contributed by atoms with van der Waals surface area (Å²) < 4.78 is 13.6. The lowest BCUT2D eigenvalue weighted by molar-refractivity contribution is 0.200. The van der Waals surface area contributed by atoms with E-state index >= 15 is 0 Å². The molecular weight excluding hydrogens is 237 g/mol. The van der Waals surface area contributed by atoms with Gasteiger partial charge in [-0.1, -0.05) is 26.0 Å². The molecule has 1 unspecified atom stereocenters. The predicted octanol–water partition coefficient (Wildman–Crippen LogP) is 4.75. The molecule has 106 valence electrons. The number of rotatable bonds is 3. The first-order valence-corrected chi connectivity index (χ1v) is 7.39. The molecule has 19 heavy (non-hydrogen) atoms. The van der Waals surface area contributed by atoms with Crippen molar-refractivity contribution in [1.82, 2.24) is 5.32 Å². The topological polar surface area (TPSA) is 12.0 Å². The monoisotopic (exact) mass is 263 g/mol. The Bertz CT molecular complexity index is 429. The van der Waals surface area contributed by atoms with Crippen molar-refractivity contribution in [2.45, 2.75) is 65.5 Å². The van der Waals surface area contributed by atoms with E-state index in [1.54, 1.807) is 13.0 Å². The standard InChI is InChI=1S/C17H26FN/c1-12-5-6-14(11-16(12)18)13(2)19-15-7-9-17(3,4)10-8-15/h5-6,11,13,15,19H,7-10H2,1-4H3. The van der Waals surface area contributed by atoms with Crippen molar-refractivity contribution in [1.29, 1.82) is 0 Å². The van der Waals surface area contributed by atoms with Crippen molar-refractivity contribution in [3.05, 3.63) is 35.1 Å². The first-order chi connectivity index (χ1) is 8.87. The molecular formula is C17H26FN. The third-order valence-electron chi connectivity index (χ3n) is 4.52.